The third kappa shape index (κ3) is 4.45. The van der Waals surface area contributed by atoms with Crippen molar-refractivity contribution < 1.29 is 9.59 Å². The topological polar surface area (TPSA) is 86.0 Å². The summed E-state index contributed by atoms with van der Waals surface area (Å²) < 4.78 is 1.15. The number of rotatable bonds is 4. The first-order valence-corrected chi connectivity index (χ1v) is 10.4. The maximum Gasteiger partial charge on any atom is 0.244 e. The number of nitrogens with one attached hydrogen (secondary N) is 4. The average molecular weight is 482 g/mol. The minimum Gasteiger partial charge on any atom is -0.361 e. The Bertz CT molecular complexity index is 861. The standard InChI is InChI=1S/C20H27IN4O2/c1-5-11(2)17-19(27)23-16(18(26)25-20(3,4)24-17)8-12-10-22-15-9-13(21)6-7-14(12)15/h6-7,9-11,16-17,22,24H,5,8H2,1-4H3,(H,23,27)(H,25,26)/t11-,16+,17+/m0/s1. The van der Waals surface area contributed by atoms with Gasteiger partial charge in [-0.15, -0.1) is 0 Å². The molecular formula is C20H27IN4O2. The predicted molar refractivity (Wildman–Crippen MR) is 115 cm³/mol. The molecule has 2 heterocycles. The Morgan fingerprint density at radius 2 is 1.96 bits per heavy atom. The first-order chi connectivity index (χ1) is 12.7. The lowest BCUT2D eigenvalue weighted by Crippen LogP contribution is -2.69. The number of halogens is 1. The molecule has 0 radical (unpaired) electrons. The number of carbonyl (C=O) groups is 2. The molecule has 1 aromatic heterocycles. The van der Waals surface area contributed by atoms with Crippen LogP contribution in [0.5, 0.6) is 0 Å². The van der Waals surface area contributed by atoms with Crippen molar-refractivity contribution >= 4 is 45.3 Å². The third-order valence-electron chi connectivity index (χ3n) is 5.23. The fourth-order valence-electron chi connectivity index (χ4n) is 3.54. The van der Waals surface area contributed by atoms with E-state index in [1.807, 2.05) is 33.0 Å². The molecule has 2 amide bonds. The molecule has 0 aliphatic carbocycles. The summed E-state index contributed by atoms with van der Waals surface area (Å²) in [5, 5.41) is 10.4. The monoisotopic (exact) mass is 482 g/mol. The second kappa shape index (κ2) is 7.79. The van der Waals surface area contributed by atoms with Crippen LogP contribution < -0.4 is 16.0 Å². The number of aromatic amines is 1. The molecule has 1 saturated heterocycles. The maximum atomic E-state index is 12.9. The zero-order valence-electron chi connectivity index (χ0n) is 16.2. The summed E-state index contributed by atoms with van der Waals surface area (Å²) in [7, 11) is 0. The lowest BCUT2D eigenvalue weighted by molar-refractivity contribution is -0.135. The Hall–Kier alpha value is -1.61. The predicted octanol–water partition coefficient (Wildman–Crippen LogP) is 2.67. The number of carbonyl (C=O) groups excluding carboxylic acids is 2. The van der Waals surface area contributed by atoms with Gasteiger partial charge in [0.05, 0.1) is 11.7 Å². The summed E-state index contributed by atoms with van der Waals surface area (Å²) in [6.07, 6.45) is 3.25. The normalized spacial score (nSPS) is 24.0. The number of amides is 2. The first-order valence-electron chi connectivity index (χ1n) is 9.36. The van der Waals surface area contributed by atoms with Crippen LogP contribution in [0.25, 0.3) is 10.9 Å². The molecule has 146 valence electrons. The highest BCUT2D eigenvalue weighted by molar-refractivity contribution is 14.1. The molecule has 1 aliphatic heterocycles. The maximum absolute atomic E-state index is 12.9. The van der Waals surface area contributed by atoms with Gasteiger partial charge < -0.3 is 15.6 Å². The lowest BCUT2D eigenvalue weighted by Gasteiger charge is -2.39. The second-order valence-electron chi connectivity index (χ2n) is 7.89. The Morgan fingerprint density at radius 3 is 2.67 bits per heavy atom. The molecule has 0 unspecified atom stereocenters. The van der Waals surface area contributed by atoms with E-state index in [0.717, 1.165) is 26.5 Å². The fourth-order valence-corrected chi connectivity index (χ4v) is 4.03. The lowest BCUT2D eigenvalue weighted by atomic mass is 9.94. The van der Waals surface area contributed by atoms with Crippen LogP contribution in [0.2, 0.25) is 0 Å². The van der Waals surface area contributed by atoms with Crippen LogP contribution >= 0.6 is 22.6 Å². The fraction of sp³-hybridized carbons (Fsp3) is 0.500. The van der Waals surface area contributed by atoms with Crippen molar-refractivity contribution in [1.29, 1.82) is 0 Å². The van der Waals surface area contributed by atoms with Gasteiger partial charge in [0.2, 0.25) is 11.8 Å². The van der Waals surface area contributed by atoms with E-state index in [2.05, 4.69) is 62.6 Å². The van der Waals surface area contributed by atoms with Crippen LogP contribution in [0.4, 0.5) is 0 Å². The van der Waals surface area contributed by atoms with Crippen LogP contribution in [0.15, 0.2) is 24.4 Å². The molecule has 1 fully saturated rings. The molecular weight excluding hydrogens is 455 g/mol. The molecule has 7 heteroatoms. The smallest absolute Gasteiger partial charge is 0.244 e. The molecule has 3 atom stereocenters. The summed E-state index contributed by atoms with van der Waals surface area (Å²) in [4.78, 5) is 29.0. The van der Waals surface area contributed by atoms with E-state index in [-0.39, 0.29) is 23.8 Å². The van der Waals surface area contributed by atoms with Gasteiger partial charge in [0.1, 0.15) is 6.04 Å². The van der Waals surface area contributed by atoms with Gasteiger partial charge in [-0.1, -0.05) is 26.3 Å². The molecule has 1 aromatic carbocycles. The number of hydrogen-bond acceptors (Lipinski definition) is 3. The van der Waals surface area contributed by atoms with E-state index in [1.54, 1.807) is 0 Å². The van der Waals surface area contributed by atoms with Crippen molar-refractivity contribution in [3.8, 4) is 0 Å². The zero-order chi connectivity index (χ0) is 19.8. The molecule has 2 aromatic rings. The van der Waals surface area contributed by atoms with E-state index >= 15 is 0 Å². The minimum atomic E-state index is -0.655. The largest absolute Gasteiger partial charge is 0.361 e. The first kappa shape index (κ1) is 20.1. The van der Waals surface area contributed by atoms with Crippen molar-refractivity contribution in [2.24, 2.45) is 5.92 Å². The summed E-state index contributed by atoms with van der Waals surface area (Å²) in [5.74, 6) is -0.134. The van der Waals surface area contributed by atoms with Crippen molar-refractivity contribution in [2.75, 3.05) is 0 Å². The van der Waals surface area contributed by atoms with Gasteiger partial charge in [0.25, 0.3) is 0 Å². The molecule has 0 saturated carbocycles. The van der Waals surface area contributed by atoms with Gasteiger partial charge in [-0.05, 0) is 60.1 Å². The molecule has 1 aliphatic rings. The van der Waals surface area contributed by atoms with Gasteiger partial charge in [0, 0.05) is 27.1 Å². The molecule has 3 rings (SSSR count). The SMILES string of the molecule is CC[C@H](C)[C@H]1NC(C)(C)NC(=O)[C@@H](Cc2c[nH]c3cc(I)ccc23)NC1=O. The van der Waals surface area contributed by atoms with Crippen LogP contribution in [0.3, 0.4) is 0 Å². The van der Waals surface area contributed by atoms with Gasteiger partial charge >= 0.3 is 0 Å². The molecule has 6 nitrogen and oxygen atoms in total. The van der Waals surface area contributed by atoms with Crippen molar-refractivity contribution in [1.82, 2.24) is 20.9 Å². The Morgan fingerprint density at radius 1 is 1.22 bits per heavy atom. The zero-order valence-corrected chi connectivity index (χ0v) is 18.3. The minimum absolute atomic E-state index is 0.119. The molecule has 4 N–H and O–H groups in total. The number of benzene rings is 1. The highest BCUT2D eigenvalue weighted by Crippen LogP contribution is 2.22. The number of fused-ring (bicyclic) bond motifs is 1. The summed E-state index contributed by atoms with van der Waals surface area (Å²) >= 11 is 2.28. The van der Waals surface area contributed by atoms with E-state index in [1.165, 1.54) is 0 Å². The molecule has 0 spiro atoms. The van der Waals surface area contributed by atoms with E-state index < -0.39 is 11.7 Å². The van der Waals surface area contributed by atoms with Gasteiger partial charge in [0.15, 0.2) is 0 Å². The number of aromatic nitrogens is 1. The molecule has 27 heavy (non-hydrogen) atoms. The van der Waals surface area contributed by atoms with Crippen molar-refractivity contribution in [3.05, 3.63) is 33.5 Å². The average Bonchev–Trinajstić information content (AvgIpc) is 2.99. The van der Waals surface area contributed by atoms with E-state index in [0.29, 0.717) is 6.42 Å². The highest BCUT2D eigenvalue weighted by Gasteiger charge is 2.37. The number of H-pyrrole nitrogens is 1. The van der Waals surface area contributed by atoms with Gasteiger partial charge in [-0.25, -0.2) is 0 Å². The van der Waals surface area contributed by atoms with E-state index in [4.69, 9.17) is 0 Å². The summed E-state index contributed by atoms with van der Waals surface area (Å²) in [6.45, 7) is 7.90. The Labute approximate surface area is 173 Å². The van der Waals surface area contributed by atoms with Gasteiger partial charge in [-0.2, -0.15) is 0 Å². The second-order valence-corrected chi connectivity index (χ2v) is 9.14. The number of hydrogen-bond donors (Lipinski definition) is 4. The highest BCUT2D eigenvalue weighted by atomic mass is 127. The van der Waals surface area contributed by atoms with Crippen LogP contribution in [0.1, 0.15) is 39.7 Å². The third-order valence-corrected chi connectivity index (χ3v) is 5.90. The van der Waals surface area contributed by atoms with Crippen LogP contribution in [-0.2, 0) is 16.0 Å². The van der Waals surface area contributed by atoms with Gasteiger partial charge in [-0.3, -0.25) is 14.9 Å². The van der Waals surface area contributed by atoms with E-state index in [9.17, 15) is 9.59 Å². The van der Waals surface area contributed by atoms with Crippen LogP contribution in [-0.4, -0.2) is 34.5 Å². The quantitative estimate of drug-likeness (QED) is 0.506. The summed E-state index contributed by atoms with van der Waals surface area (Å²) in [5.41, 5.74) is 1.40. The van der Waals surface area contributed by atoms with Crippen molar-refractivity contribution in [3.63, 3.8) is 0 Å². The van der Waals surface area contributed by atoms with Crippen LogP contribution in [0, 0.1) is 9.49 Å². The Balaban J connectivity index is 1.88. The Kier molecular flexibility index (Phi) is 5.81. The van der Waals surface area contributed by atoms with Crippen molar-refractivity contribution in [2.45, 2.75) is 58.3 Å². The molecule has 0 bridgehead atoms. The summed E-state index contributed by atoms with van der Waals surface area (Å²) in [6, 6.07) is 5.21.